The average Bonchev–Trinajstić information content (AvgIpc) is 3.43. The van der Waals surface area contributed by atoms with Crippen LogP contribution in [0.4, 0.5) is 0 Å². The van der Waals surface area contributed by atoms with Gasteiger partial charge in [-0.1, -0.05) is 17.3 Å². The summed E-state index contributed by atoms with van der Waals surface area (Å²) in [6.07, 6.45) is 4.90. The minimum atomic E-state index is -0.191. The molecule has 8 nitrogen and oxygen atoms in total. The molecule has 1 saturated carbocycles. The Balaban J connectivity index is 1.63. The smallest absolute Gasteiger partial charge is 0.246 e. The van der Waals surface area contributed by atoms with Crippen molar-refractivity contribution in [1.82, 2.24) is 20.8 Å². The first-order chi connectivity index (χ1) is 15.1. The highest BCUT2D eigenvalue weighted by Gasteiger charge is 2.18. The summed E-state index contributed by atoms with van der Waals surface area (Å²) in [5, 5.41) is 10.5. The zero-order valence-electron chi connectivity index (χ0n) is 19.1. The zero-order valence-corrected chi connectivity index (χ0v) is 19.1. The summed E-state index contributed by atoms with van der Waals surface area (Å²) >= 11 is 0. The van der Waals surface area contributed by atoms with Crippen molar-refractivity contribution >= 4 is 5.96 Å². The molecule has 1 unspecified atom stereocenters. The second-order valence-corrected chi connectivity index (χ2v) is 7.83. The van der Waals surface area contributed by atoms with E-state index in [1.807, 2.05) is 20.8 Å². The van der Waals surface area contributed by atoms with Gasteiger partial charge in [-0.05, 0) is 65.0 Å². The van der Waals surface area contributed by atoms with Crippen LogP contribution >= 0.6 is 0 Å². The molecule has 3 rings (SSSR count). The van der Waals surface area contributed by atoms with Gasteiger partial charge in [-0.15, -0.1) is 0 Å². The summed E-state index contributed by atoms with van der Waals surface area (Å²) in [6.45, 7) is 10.2. The summed E-state index contributed by atoms with van der Waals surface area (Å²) in [4.78, 5) is 9.13. The van der Waals surface area contributed by atoms with E-state index in [9.17, 15) is 0 Å². The number of ether oxygens (including phenoxy) is 2. The minimum absolute atomic E-state index is 0.191. The maximum atomic E-state index is 6.30. The summed E-state index contributed by atoms with van der Waals surface area (Å²) in [7, 11) is 0. The molecule has 0 radical (unpaired) electrons. The van der Waals surface area contributed by atoms with E-state index in [2.05, 4.69) is 45.9 Å². The highest BCUT2D eigenvalue weighted by molar-refractivity contribution is 5.79. The minimum Gasteiger partial charge on any atom is -0.490 e. The molecule has 2 N–H and O–H groups in total. The number of hydrogen-bond acceptors (Lipinski definition) is 6. The number of nitrogens with one attached hydrogen (secondary N) is 2. The van der Waals surface area contributed by atoms with Crippen molar-refractivity contribution in [3.63, 3.8) is 0 Å². The van der Waals surface area contributed by atoms with Crippen molar-refractivity contribution in [3.05, 3.63) is 41.0 Å². The fourth-order valence-corrected chi connectivity index (χ4v) is 3.58. The van der Waals surface area contributed by atoms with E-state index in [4.69, 9.17) is 19.0 Å². The monoisotopic (exact) mass is 429 g/mol. The van der Waals surface area contributed by atoms with E-state index in [-0.39, 0.29) is 6.10 Å². The SMILES string of the molecule is CCNC(=NCc1ccc(C)cc1OC1CCCC1)NCc1nc(C(C)OCC)no1. The third-order valence-corrected chi connectivity index (χ3v) is 5.24. The van der Waals surface area contributed by atoms with Crippen molar-refractivity contribution in [3.8, 4) is 5.75 Å². The highest BCUT2D eigenvalue weighted by Crippen LogP contribution is 2.28. The third-order valence-electron chi connectivity index (χ3n) is 5.24. The second-order valence-electron chi connectivity index (χ2n) is 7.83. The van der Waals surface area contributed by atoms with Gasteiger partial charge < -0.3 is 24.6 Å². The van der Waals surface area contributed by atoms with Crippen LogP contribution in [0.1, 0.15) is 75.4 Å². The zero-order chi connectivity index (χ0) is 22.1. The van der Waals surface area contributed by atoms with Gasteiger partial charge in [0, 0.05) is 18.7 Å². The standard InChI is InChI=1S/C23H35N5O3/c1-5-24-23(26-15-21-27-22(28-31-21)17(4)29-6-2)25-14-18-12-11-16(3)13-20(18)30-19-9-7-8-10-19/h11-13,17,19H,5-10,14-15H2,1-4H3,(H2,24,25,26). The second kappa shape index (κ2) is 11.7. The first-order valence-corrected chi connectivity index (χ1v) is 11.3. The molecule has 1 aliphatic rings. The largest absolute Gasteiger partial charge is 0.490 e. The molecular weight excluding hydrogens is 394 g/mol. The highest BCUT2D eigenvalue weighted by atomic mass is 16.5. The van der Waals surface area contributed by atoms with Gasteiger partial charge in [0.1, 0.15) is 11.9 Å². The van der Waals surface area contributed by atoms with Crippen LogP contribution in [-0.4, -0.2) is 35.4 Å². The van der Waals surface area contributed by atoms with Gasteiger partial charge in [0.15, 0.2) is 11.8 Å². The molecule has 1 atom stereocenters. The lowest BCUT2D eigenvalue weighted by atomic mass is 10.1. The van der Waals surface area contributed by atoms with E-state index in [0.29, 0.717) is 43.5 Å². The topological polar surface area (TPSA) is 93.8 Å². The lowest BCUT2D eigenvalue weighted by Gasteiger charge is -2.17. The normalized spacial score (nSPS) is 15.8. The Bertz CT molecular complexity index is 845. The number of guanidine groups is 1. The number of aromatic nitrogens is 2. The molecule has 0 spiro atoms. The van der Waals surface area contributed by atoms with Gasteiger partial charge in [0.25, 0.3) is 0 Å². The van der Waals surface area contributed by atoms with Gasteiger partial charge in [0.2, 0.25) is 5.89 Å². The molecule has 2 aromatic rings. The van der Waals surface area contributed by atoms with Gasteiger partial charge in [-0.2, -0.15) is 4.98 Å². The van der Waals surface area contributed by atoms with Crippen LogP contribution in [-0.2, 0) is 17.8 Å². The van der Waals surface area contributed by atoms with Gasteiger partial charge >= 0.3 is 0 Å². The quantitative estimate of drug-likeness (QED) is 0.435. The Labute approximate surface area is 184 Å². The third kappa shape index (κ3) is 6.95. The van der Waals surface area contributed by atoms with Gasteiger partial charge in [-0.25, -0.2) is 4.99 Å². The Morgan fingerprint density at radius 2 is 2.06 bits per heavy atom. The first-order valence-electron chi connectivity index (χ1n) is 11.3. The van der Waals surface area contributed by atoms with E-state index >= 15 is 0 Å². The number of benzene rings is 1. The predicted octanol–water partition coefficient (Wildman–Crippen LogP) is 4.05. The molecule has 0 saturated heterocycles. The molecule has 1 fully saturated rings. The Morgan fingerprint density at radius 1 is 1.26 bits per heavy atom. The van der Waals surface area contributed by atoms with Crippen LogP contribution < -0.4 is 15.4 Å². The lowest BCUT2D eigenvalue weighted by Crippen LogP contribution is -2.36. The molecule has 1 aromatic carbocycles. The fraction of sp³-hybridized carbons (Fsp3) is 0.609. The van der Waals surface area contributed by atoms with Crippen molar-refractivity contribution in [2.24, 2.45) is 4.99 Å². The number of nitrogens with zero attached hydrogens (tertiary/aromatic N) is 3. The van der Waals surface area contributed by atoms with Crippen molar-refractivity contribution in [1.29, 1.82) is 0 Å². The van der Waals surface area contributed by atoms with Crippen molar-refractivity contribution in [2.75, 3.05) is 13.2 Å². The molecular formula is C23H35N5O3. The maximum absolute atomic E-state index is 6.30. The molecule has 31 heavy (non-hydrogen) atoms. The van der Waals surface area contributed by atoms with Crippen LogP contribution in [0, 0.1) is 6.92 Å². The number of aryl methyl sites for hydroxylation is 1. The van der Waals surface area contributed by atoms with Gasteiger partial charge in [0.05, 0.1) is 19.2 Å². The number of rotatable bonds is 10. The number of aliphatic imine (C=N–C) groups is 1. The van der Waals surface area contributed by atoms with E-state index < -0.39 is 0 Å². The molecule has 170 valence electrons. The van der Waals surface area contributed by atoms with Crippen molar-refractivity contribution < 1.29 is 14.0 Å². The predicted molar refractivity (Wildman–Crippen MR) is 120 cm³/mol. The van der Waals surface area contributed by atoms with Crippen molar-refractivity contribution in [2.45, 2.75) is 78.7 Å². The lowest BCUT2D eigenvalue weighted by molar-refractivity contribution is 0.0683. The van der Waals surface area contributed by atoms with Crippen LogP contribution in [0.2, 0.25) is 0 Å². The maximum Gasteiger partial charge on any atom is 0.246 e. The molecule has 0 bridgehead atoms. The summed E-state index contributed by atoms with van der Waals surface area (Å²) < 4.78 is 17.1. The summed E-state index contributed by atoms with van der Waals surface area (Å²) in [6, 6.07) is 6.32. The Hall–Kier alpha value is -2.61. The van der Waals surface area contributed by atoms with E-state index in [1.54, 1.807) is 0 Å². The van der Waals surface area contributed by atoms with E-state index in [0.717, 1.165) is 30.7 Å². The van der Waals surface area contributed by atoms with Crippen LogP contribution in [0.15, 0.2) is 27.7 Å². The first kappa shape index (κ1) is 23.1. The number of hydrogen-bond donors (Lipinski definition) is 2. The summed E-state index contributed by atoms with van der Waals surface area (Å²) in [5.41, 5.74) is 2.28. The van der Waals surface area contributed by atoms with Gasteiger partial charge in [-0.3, -0.25) is 0 Å². The molecule has 1 heterocycles. The van der Waals surface area contributed by atoms with Crippen LogP contribution in [0.5, 0.6) is 5.75 Å². The van der Waals surface area contributed by atoms with E-state index in [1.165, 1.54) is 18.4 Å². The molecule has 0 amide bonds. The molecule has 0 aliphatic heterocycles. The Kier molecular flexibility index (Phi) is 8.70. The fourth-order valence-electron chi connectivity index (χ4n) is 3.58. The van der Waals surface area contributed by atoms with Crippen LogP contribution in [0.25, 0.3) is 0 Å². The molecule has 1 aliphatic carbocycles. The molecule has 8 heteroatoms. The Morgan fingerprint density at radius 3 is 2.81 bits per heavy atom. The van der Waals surface area contributed by atoms with Crippen LogP contribution in [0.3, 0.4) is 0 Å². The molecule has 1 aromatic heterocycles. The summed E-state index contributed by atoms with van der Waals surface area (Å²) in [5.74, 6) is 2.67. The average molecular weight is 430 g/mol.